The zero-order valence-corrected chi connectivity index (χ0v) is 10.5. The van der Waals surface area contributed by atoms with Gasteiger partial charge < -0.3 is 10.2 Å². The number of benzene rings is 1. The highest BCUT2D eigenvalue weighted by molar-refractivity contribution is 6.30. The number of aromatic carboxylic acids is 1. The molecule has 7 heteroatoms. The monoisotopic (exact) mass is 280 g/mol. The van der Waals surface area contributed by atoms with Crippen LogP contribution >= 0.6 is 11.6 Å². The van der Waals surface area contributed by atoms with Crippen molar-refractivity contribution in [3.63, 3.8) is 0 Å². The average molecular weight is 281 g/mol. The van der Waals surface area contributed by atoms with Crippen molar-refractivity contribution < 1.29 is 15.0 Å². The number of halogens is 1. The van der Waals surface area contributed by atoms with Crippen LogP contribution in [0.25, 0.3) is 5.69 Å². The lowest BCUT2D eigenvalue weighted by Gasteiger charge is -2.09. The van der Waals surface area contributed by atoms with Gasteiger partial charge in [-0.15, -0.1) is 0 Å². The Hall–Kier alpha value is -2.34. The van der Waals surface area contributed by atoms with E-state index in [1.807, 2.05) is 0 Å². The predicted molar refractivity (Wildman–Crippen MR) is 68.2 cm³/mol. The molecule has 0 saturated heterocycles. The van der Waals surface area contributed by atoms with Gasteiger partial charge in [0.25, 0.3) is 5.56 Å². The summed E-state index contributed by atoms with van der Waals surface area (Å²) in [6.07, 6.45) is 0. The summed E-state index contributed by atoms with van der Waals surface area (Å²) in [5.41, 5.74) is -0.187. The number of hydrogen-bond acceptors (Lipinski definition) is 4. The number of carboxylic acids is 1. The first-order valence-electron chi connectivity index (χ1n) is 5.23. The minimum Gasteiger partial charge on any atom is -0.505 e. The lowest BCUT2D eigenvalue weighted by atomic mass is 10.2. The number of nitrogens with zero attached hydrogens (tertiary/aromatic N) is 2. The van der Waals surface area contributed by atoms with Gasteiger partial charge in [-0.25, -0.2) is 4.79 Å². The fourth-order valence-electron chi connectivity index (χ4n) is 1.58. The zero-order chi connectivity index (χ0) is 14.2. The summed E-state index contributed by atoms with van der Waals surface area (Å²) in [7, 11) is 0. The molecule has 0 aliphatic heterocycles. The maximum atomic E-state index is 11.8. The van der Waals surface area contributed by atoms with E-state index >= 15 is 0 Å². The van der Waals surface area contributed by atoms with Crippen LogP contribution in [0.5, 0.6) is 5.75 Å². The van der Waals surface area contributed by atoms with Gasteiger partial charge in [0.05, 0.1) is 5.69 Å². The molecule has 2 aromatic rings. The summed E-state index contributed by atoms with van der Waals surface area (Å²) in [5, 5.41) is 22.3. The van der Waals surface area contributed by atoms with Crippen molar-refractivity contribution in [1.29, 1.82) is 0 Å². The number of rotatable bonds is 2. The van der Waals surface area contributed by atoms with E-state index in [0.717, 1.165) is 10.7 Å². The van der Waals surface area contributed by atoms with Gasteiger partial charge in [0.15, 0.2) is 5.75 Å². The first kappa shape index (κ1) is 13.1. The van der Waals surface area contributed by atoms with Gasteiger partial charge in [-0.2, -0.15) is 9.78 Å². The summed E-state index contributed by atoms with van der Waals surface area (Å²) in [6.45, 7) is 1.73. The molecule has 1 aromatic heterocycles. The summed E-state index contributed by atoms with van der Waals surface area (Å²) >= 11 is 5.84. The van der Waals surface area contributed by atoms with E-state index in [2.05, 4.69) is 5.10 Å². The third-order valence-corrected chi connectivity index (χ3v) is 2.75. The largest absolute Gasteiger partial charge is 0.505 e. The Labute approximate surface area is 112 Å². The van der Waals surface area contributed by atoms with Crippen LogP contribution in [0.4, 0.5) is 0 Å². The van der Waals surface area contributed by atoms with E-state index in [0.29, 0.717) is 16.3 Å². The third kappa shape index (κ3) is 2.43. The maximum Gasteiger partial charge on any atom is 0.360 e. The molecular weight excluding hydrogens is 272 g/mol. The molecule has 98 valence electrons. The molecule has 0 unspecified atom stereocenters. The molecule has 0 fully saturated rings. The van der Waals surface area contributed by atoms with Crippen molar-refractivity contribution in [3.8, 4) is 11.4 Å². The van der Waals surface area contributed by atoms with Crippen molar-refractivity contribution in [2.45, 2.75) is 6.92 Å². The van der Waals surface area contributed by atoms with Crippen molar-refractivity contribution in [2.24, 2.45) is 0 Å². The molecule has 19 heavy (non-hydrogen) atoms. The molecule has 1 aromatic carbocycles. The van der Waals surface area contributed by atoms with E-state index in [9.17, 15) is 14.7 Å². The summed E-state index contributed by atoms with van der Waals surface area (Å²) in [6, 6.07) is 5.62. The highest BCUT2D eigenvalue weighted by Crippen LogP contribution is 2.19. The van der Waals surface area contributed by atoms with E-state index < -0.39 is 23.0 Å². The molecule has 0 atom stereocenters. The Bertz CT molecular complexity index is 724. The minimum absolute atomic E-state index is 0.361. The number of carboxylic acid groups (broad SMARTS) is 1. The lowest BCUT2D eigenvalue weighted by Crippen LogP contribution is -2.23. The molecule has 0 amide bonds. The van der Waals surface area contributed by atoms with Crippen LogP contribution in [0.1, 0.15) is 16.1 Å². The highest BCUT2D eigenvalue weighted by Gasteiger charge is 2.16. The van der Waals surface area contributed by atoms with Gasteiger partial charge >= 0.3 is 5.97 Å². The number of aryl methyl sites for hydroxylation is 1. The quantitative estimate of drug-likeness (QED) is 0.871. The topological polar surface area (TPSA) is 92.4 Å². The molecule has 2 rings (SSSR count). The van der Waals surface area contributed by atoms with Gasteiger partial charge in [0.1, 0.15) is 0 Å². The van der Waals surface area contributed by atoms with Gasteiger partial charge in [-0.3, -0.25) is 4.79 Å². The van der Waals surface area contributed by atoms with Gasteiger partial charge in [0.2, 0.25) is 5.69 Å². The second kappa shape index (κ2) is 4.74. The third-order valence-electron chi connectivity index (χ3n) is 2.51. The molecule has 6 nitrogen and oxygen atoms in total. The number of hydrogen-bond donors (Lipinski definition) is 2. The zero-order valence-electron chi connectivity index (χ0n) is 9.79. The molecule has 1 heterocycles. The second-order valence-electron chi connectivity index (χ2n) is 3.86. The standard InChI is InChI=1S/C12H9ClN2O4/c1-6-2-3-7(13)4-8(6)15-10(17)5-9(16)11(14-15)12(18)19/h2-5,16H,1H3,(H,18,19). The molecular formula is C12H9ClN2O4. The van der Waals surface area contributed by atoms with Gasteiger partial charge in [0, 0.05) is 11.1 Å². The van der Waals surface area contributed by atoms with Crippen LogP contribution in [0.3, 0.4) is 0 Å². The van der Waals surface area contributed by atoms with Crippen LogP contribution in [0.2, 0.25) is 5.02 Å². The van der Waals surface area contributed by atoms with Crippen molar-refractivity contribution in [1.82, 2.24) is 9.78 Å². The van der Waals surface area contributed by atoms with E-state index in [1.165, 1.54) is 6.07 Å². The maximum absolute atomic E-state index is 11.8. The molecule has 2 N–H and O–H groups in total. The molecule has 0 saturated carbocycles. The molecule has 0 spiro atoms. The summed E-state index contributed by atoms with van der Waals surface area (Å²) in [5.74, 6) is -2.10. The van der Waals surface area contributed by atoms with Crippen LogP contribution in [-0.4, -0.2) is 26.0 Å². The fraction of sp³-hybridized carbons (Fsp3) is 0.0833. The minimum atomic E-state index is -1.43. The van der Waals surface area contributed by atoms with E-state index in [4.69, 9.17) is 16.7 Å². The average Bonchev–Trinajstić information content (AvgIpc) is 2.32. The van der Waals surface area contributed by atoms with Crippen LogP contribution in [0, 0.1) is 6.92 Å². The molecule has 0 aliphatic carbocycles. The first-order valence-corrected chi connectivity index (χ1v) is 5.61. The van der Waals surface area contributed by atoms with Crippen LogP contribution < -0.4 is 5.56 Å². The first-order chi connectivity index (χ1) is 8.90. The number of aromatic hydroxyl groups is 1. The van der Waals surface area contributed by atoms with E-state index in [-0.39, 0.29) is 0 Å². The van der Waals surface area contributed by atoms with E-state index in [1.54, 1.807) is 19.1 Å². The number of carbonyl (C=O) groups is 1. The Morgan fingerprint density at radius 2 is 2.05 bits per heavy atom. The summed E-state index contributed by atoms with van der Waals surface area (Å²) in [4.78, 5) is 22.7. The number of aromatic nitrogens is 2. The molecule has 0 radical (unpaired) electrons. The Kier molecular flexibility index (Phi) is 3.26. The molecule has 0 aliphatic rings. The highest BCUT2D eigenvalue weighted by atomic mass is 35.5. The Balaban J connectivity index is 2.75. The molecule has 0 bridgehead atoms. The summed E-state index contributed by atoms with van der Waals surface area (Å²) < 4.78 is 0.893. The van der Waals surface area contributed by atoms with Gasteiger partial charge in [-0.1, -0.05) is 17.7 Å². The predicted octanol–water partition coefficient (Wildman–Crippen LogP) is 1.60. The lowest BCUT2D eigenvalue weighted by molar-refractivity contribution is 0.0684. The fourth-order valence-corrected chi connectivity index (χ4v) is 1.75. The van der Waals surface area contributed by atoms with Crippen molar-refractivity contribution in [3.05, 3.63) is 50.9 Å². The second-order valence-corrected chi connectivity index (χ2v) is 4.30. The Morgan fingerprint density at radius 3 is 2.68 bits per heavy atom. The SMILES string of the molecule is Cc1ccc(Cl)cc1-n1nc(C(=O)O)c(O)cc1=O. The smallest absolute Gasteiger partial charge is 0.360 e. The van der Waals surface area contributed by atoms with Crippen LogP contribution in [-0.2, 0) is 0 Å². The van der Waals surface area contributed by atoms with Crippen LogP contribution in [0.15, 0.2) is 29.1 Å². The van der Waals surface area contributed by atoms with Crippen molar-refractivity contribution in [2.75, 3.05) is 0 Å². The van der Waals surface area contributed by atoms with Gasteiger partial charge in [-0.05, 0) is 24.6 Å². The van der Waals surface area contributed by atoms with Crippen molar-refractivity contribution >= 4 is 17.6 Å². The normalized spacial score (nSPS) is 10.4. The Morgan fingerprint density at radius 1 is 1.37 bits per heavy atom.